The third kappa shape index (κ3) is 5.32. The van der Waals surface area contributed by atoms with Crippen LogP contribution in [-0.2, 0) is 19.6 Å². The average Bonchev–Trinajstić information content (AvgIpc) is 2.62. The highest BCUT2D eigenvalue weighted by atomic mass is 79.9. The lowest BCUT2D eigenvalue weighted by atomic mass is 10.1. The second-order valence-corrected chi connectivity index (χ2v) is 9.03. The van der Waals surface area contributed by atoms with Crippen molar-refractivity contribution in [2.75, 3.05) is 29.5 Å². The third-order valence-corrected chi connectivity index (χ3v) is 6.08. The van der Waals surface area contributed by atoms with E-state index in [9.17, 15) is 18.0 Å². The lowest BCUT2D eigenvalue weighted by Gasteiger charge is -2.23. The van der Waals surface area contributed by atoms with Crippen LogP contribution in [0.3, 0.4) is 0 Å². The molecule has 9 heteroatoms. The zero-order valence-corrected chi connectivity index (χ0v) is 18.3. The Kier molecular flexibility index (Phi) is 6.84. The Hall–Kier alpha value is -2.39. The first kappa shape index (κ1) is 21.9. The highest BCUT2D eigenvalue weighted by molar-refractivity contribution is 9.10. The van der Waals surface area contributed by atoms with Gasteiger partial charge in [-0.15, -0.1) is 0 Å². The molecule has 0 heterocycles. The molecular weight excluding hydrogens is 448 g/mol. The molecule has 1 amide bonds. The molecule has 0 aliphatic rings. The van der Waals surface area contributed by atoms with Crippen molar-refractivity contribution in [2.45, 2.75) is 13.8 Å². The lowest BCUT2D eigenvalue weighted by Crippen LogP contribution is -2.37. The van der Waals surface area contributed by atoms with Gasteiger partial charge in [-0.2, -0.15) is 0 Å². The second-order valence-electron chi connectivity index (χ2n) is 6.27. The van der Waals surface area contributed by atoms with E-state index in [1.54, 1.807) is 37.3 Å². The molecule has 0 aromatic heterocycles. The molecule has 0 bridgehead atoms. The molecule has 1 N–H and O–H groups in total. The number of hydrogen-bond donors (Lipinski definition) is 1. The molecule has 7 nitrogen and oxygen atoms in total. The number of methoxy groups -OCH3 is 1. The molecule has 0 saturated carbocycles. The summed E-state index contributed by atoms with van der Waals surface area (Å²) < 4.78 is 31.0. The summed E-state index contributed by atoms with van der Waals surface area (Å²) in [5, 5.41) is 2.67. The van der Waals surface area contributed by atoms with Gasteiger partial charge in [-0.05, 0) is 55.3 Å². The van der Waals surface area contributed by atoms with E-state index in [4.69, 9.17) is 0 Å². The molecule has 0 aliphatic heterocycles. The van der Waals surface area contributed by atoms with Crippen molar-refractivity contribution in [3.05, 3.63) is 57.6 Å². The van der Waals surface area contributed by atoms with Crippen LogP contribution in [0.4, 0.5) is 11.4 Å². The summed E-state index contributed by atoms with van der Waals surface area (Å²) in [6.45, 7) is 3.20. The van der Waals surface area contributed by atoms with Crippen molar-refractivity contribution < 1.29 is 22.7 Å². The number of anilines is 2. The van der Waals surface area contributed by atoms with Gasteiger partial charge < -0.3 is 10.1 Å². The van der Waals surface area contributed by atoms with Crippen molar-refractivity contribution in [3.63, 3.8) is 0 Å². The smallest absolute Gasteiger partial charge is 0.337 e. The second kappa shape index (κ2) is 8.74. The summed E-state index contributed by atoms with van der Waals surface area (Å²) in [5.41, 5.74) is 2.65. The topological polar surface area (TPSA) is 92.8 Å². The van der Waals surface area contributed by atoms with Gasteiger partial charge in [-0.3, -0.25) is 9.10 Å². The summed E-state index contributed by atoms with van der Waals surface area (Å²) in [6.07, 6.45) is 1.04. The number of carbonyl (C=O) groups excluding carboxylic acids is 2. The van der Waals surface area contributed by atoms with Gasteiger partial charge in [0, 0.05) is 10.2 Å². The monoisotopic (exact) mass is 468 g/mol. The summed E-state index contributed by atoms with van der Waals surface area (Å²) in [5.74, 6) is -1.06. The first-order valence-corrected chi connectivity index (χ1v) is 10.9. The van der Waals surface area contributed by atoms with Crippen LogP contribution in [0, 0.1) is 13.8 Å². The van der Waals surface area contributed by atoms with E-state index in [0.717, 1.165) is 26.2 Å². The number of nitrogens with one attached hydrogen (secondary N) is 1. The van der Waals surface area contributed by atoms with Gasteiger partial charge in [-0.1, -0.05) is 22.0 Å². The highest BCUT2D eigenvalue weighted by Gasteiger charge is 2.22. The zero-order valence-electron chi connectivity index (χ0n) is 15.9. The average molecular weight is 469 g/mol. The Morgan fingerprint density at radius 1 is 1.11 bits per heavy atom. The maximum atomic E-state index is 12.6. The van der Waals surface area contributed by atoms with Crippen LogP contribution in [0.5, 0.6) is 0 Å². The maximum absolute atomic E-state index is 12.6. The standard InChI is InChI=1S/C19H21BrN2O5S/c1-12-5-6-14(19(24)27-3)10-17(12)21-18(23)11-22(28(4,25)26)15-7-8-16(20)13(2)9-15/h5-10H,11H2,1-4H3,(H,21,23). The van der Waals surface area contributed by atoms with Gasteiger partial charge in [0.05, 0.1) is 24.6 Å². The van der Waals surface area contributed by atoms with Gasteiger partial charge in [-0.25, -0.2) is 13.2 Å². The fraction of sp³-hybridized carbons (Fsp3) is 0.263. The first-order chi connectivity index (χ1) is 13.0. The van der Waals surface area contributed by atoms with Gasteiger partial charge >= 0.3 is 5.97 Å². The van der Waals surface area contributed by atoms with Crippen molar-refractivity contribution >= 4 is 49.2 Å². The van der Waals surface area contributed by atoms with Crippen LogP contribution < -0.4 is 9.62 Å². The predicted octanol–water partition coefficient (Wildman–Crippen LogP) is 3.26. The molecular formula is C19H21BrN2O5S. The van der Waals surface area contributed by atoms with Crippen LogP contribution in [-0.4, -0.2) is 40.2 Å². The van der Waals surface area contributed by atoms with Crippen LogP contribution in [0.2, 0.25) is 0 Å². The first-order valence-electron chi connectivity index (χ1n) is 8.25. The molecule has 0 aliphatic carbocycles. The Balaban J connectivity index is 2.28. The number of rotatable bonds is 6. The molecule has 0 radical (unpaired) electrons. The highest BCUT2D eigenvalue weighted by Crippen LogP contribution is 2.25. The van der Waals surface area contributed by atoms with E-state index in [2.05, 4.69) is 26.0 Å². The summed E-state index contributed by atoms with van der Waals surface area (Å²) in [6, 6.07) is 9.78. The van der Waals surface area contributed by atoms with Gasteiger partial charge in [0.15, 0.2) is 0 Å². The molecule has 2 rings (SSSR count). The number of sulfonamides is 1. The van der Waals surface area contributed by atoms with Crippen LogP contribution >= 0.6 is 15.9 Å². The quantitative estimate of drug-likeness (QED) is 0.656. The number of ether oxygens (including phenoxy) is 1. The normalized spacial score (nSPS) is 11.0. The summed E-state index contributed by atoms with van der Waals surface area (Å²) in [7, 11) is -2.42. The Morgan fingerprint density at radius 3 is 2.36 bits per heavy atom. The predicted molar refractivity (Wildman–Crippen MR) is 112 cm³/mol. The zero-order chi connectivity index (χ0) is 21.1. The molecule has 150 valence electrons. The van der Waals surface area contributed by atoms with Crippen LogP contribution in [0.15, 0.2) is 40.9 Å². The van der Waals surface area contributed by atoms with E-state index in [-0.39, 0.29) is 5.56 Å². The number of benzene rings is 2. The molecule has 28 heavy (non-hydrogen) atoms. The minimum atomic E-state index is -3.69. The Morgan fingerprint density at radius 2 is 1.79 bits per heavy atom. The van der Waals surface area contributed by atoms with E-state index in [1.807, 2.05) is 6.92 Å². The van der Waals surface area contributed by atoms with Gasteiger partial charge in [0.1, 0.15) is 6.54 Å². The molecule has 0 saturated heterocycles. The van der Waals surface area contributed by atoms with Crippen molar-refractivity contribution in [3.8, 4) is 0 Å². The molecule has 0 unspecified atom stereocenters. The van der Waals surface area contributed by atoms with Crippen LogP contribution in [0.25, 0.3) is 0 Å². The number of hydrogen-bond acceptors (Lipinski definition) is 5. The number of esters is 1. The number of carbonyl (C=O) groups is 2. The minimum absolute atomic E-state index is 0.284. The molecule has 0 spiro atoms. The van der Waals surface area contributed by atoms with Gasteiger partial charge in [0.2, 0.25) is 15.9 Å². The SMILES string of the molecule is COC(=O)c1ccc(C)c(NC(=O)CN(c2ccc(Br)c(C)c2)S(C)(=O)=O)c1. The fourth-order valence-electron chi connectivity index (χ4n) is 2.51. The summed E-state index contributed by atoms with van der Waals surface area (Å²) >= 11 is 3.37. The van der Waals surface area contributed by atoms with Crippen molar-refractivity contribution in [1.29, 1.82) is 0 Å². The third-order valence-electron chi connectivity index (χ3n) is 4.05. The van der Waals surface area contributed by atoms with E-state index < -0.39 is 28.4 Å². The number of aryl methyl sites for hydroxylation is 2. The van der Waals surface area contributed by atoms with Crippen LogP contribution in [0.1, 0.15) is 21.5 Å². The molecule has 2 aromatic carbocycles. The van der Waals surface area contributed by atoms with Gasteiger partial charge in [0.25, 0.3) is 0 Å². The minimum Gasteiger partial charge on any atom is -0.465 e. The molecule has 0 atom stereocenters. The Bertz CT molecular complexity index is 1020. The van der Waals surface area contributed by atoms with Crippen molar-refractivity contribution in [1.82, 2.24) is 0 Å². The number of halogens is 1. The van der Waals surface area contributed by atoms with E-state index in [1.165, 1.54) is 13.2 Å². The Labute approximate surface area is 172 Å². The number of amides is 1. The molecule has 0 fully saturated rings. The maximum Gasteiger partial charge on any atom is 0.337 e. The van der Waals surface area contributed by atoms with Crippen molar-refractivity contribution in [2.24, 2.45) is 0 Å². The van der Waals surface area contributed by atoms with E-state index >= 15 is 0 Å². The van der Waals surface area contributed by atoms with E-state index in [0.29, 0.717) is 11.4 Å². The lowest BCUT2D eigenvalue weighted by molar-refractivity contribution is -0.114. The summed E-state index contributed by atoms with van der Waals surface area (Å²) in [4.78, 5) is 24.2. The number of nitrogens with zero attached hydrogens (tertiary/aromatic N) is 1. The fourth-order valence-corrected chi connectivity index (χ4v) is 3.60. The largest absolute Gasteiger partial charge is 0.465 e. The molecule has 2 aromatic rings.